The molecule has 0 aliphatic heterocycles. The summed E-state index contributed by atoms with van der Waals surface area (Å²) in [4.78, 5) is 0. The fourth-order valence-electron chi connectivity index (χ4n) is 1.35. The smallest absolute Gasteiger partial charge is 0.122 e. The summed E-state index contributed by atoms with van der Waals surface area (Å²) in [5.74, 6) is 0.246. The number of halogens is 2. The molecule has 0 aliphatic carbocycles. The van der Waals surface area contributed by atoms with Crippen molar-refractivity contribution in [3.8, 4) is 0 Å². The maximum Gasteiger partial charge on any atom is 0.122 e. The van der Waals surface area contributed by atoms with Crippen molar-refractivity contribution in [3.05, 3.63) is 71.3 Å². The van der Waals surface area contributed by atoms with Crippen LogP contribution in [0.15, 0.2) is 54.6 Å². The monoisotopic (exact) mass is 326 g/mol. The van der Waals surface area contributed by atoms with Gasteiger partial charge in [-0.15, -0.1) is 24.8 Å². The zero-order chi connectivity index (χ0) is 14.3. The lowest BCUT2D eigenvalue weighted by atomic mass is 10.1. The van der Waals surface area contributed by atoms with Crippen molar-refractivity contribution in [1.29, 1.82) is 10.8 Å². The van der Waals surface area contributed by atoms with E-state index in [1.807, 2.05) is 61.5 Å². The summed E-state index contributed by atoms with van der Waals surface area (Å²) in [6, 6.07) is 16.8. The minimum atomic E-state index is 0. The molecule has 6 heteroatoms. The van der Waals surface area contributed by atoms with Gasteiger partial charge in [0.05, 0.1) is 0 Å². The van der Waals surface area contributed by atoms with E-state index in [4.69, 9.17) is 22.3 Å². The molecule has 0 aromatic heterocycles. The summed E-state index contributed by atoms with van der Waals surface area (Å²) in [7, 11) is 0. The highest BCUT2D eigenvalue weighted by atomic mass is 35.5. The van der Waals surface area contributed by atoms with Gasteiger partial charge in [-0.25, -0.2) is 0 Å². The van der Waals surface area contributed by atoms with Crippen LogP contribution >= 0.6 is 24.8 Å². The van der Waals surface area contributed by atoms with Crippen molar-refractivity contribution in [3.63, 3.8) is 0 Å². The minimum Gasteiger partial charge on any atom is -0.384 e. The molecule has 0 amide bonds. The van der Waals surface area contributed by atoms with Gasteiger partial charge in [-0.05, 0) is 6.92 Å². The Labute approximate surface area is 137 Å². The van der Waals surface area contributed by atoms with E-state index in [1.54, 1.807) is 0 Å². The maximum absolute atomic E-state index is 7.08. The molecule has 0 saturated carbocycles. The highest BCUT2D eigenvalue weighted by Gasteiger charge is 1.92. The molecule has 0 aliphatic rings. The molecule has 21 heavy (non-hydrogen) atoms. The fourth-order valence-corrected chi connectivity index (χ4v) is 1.35. The number of nitrogens with two attached hydrogens (primary N) is 2. The second-order valence-electron chi connectivity index (χ2n) is 4.06. The molecule has 0 atom stereocenters. The first kappa shape index (κ1) is 21.3. The largest absolute Gasteiger partial charge is 0.384 e. The molecule has 0 radical (unpaired) electrons. The highest BCUT2D eigenvalue weighted by molar-refractivity contribution is 5.95. The second kappa shape index (κ2) is 10.7. The Bertz CT molecular complexity index is 554. The van der Waals surface area contributed by atoms with E-state index < -0.39 is 0 Å². The zero-order valence-corrected chi connectivity index (χ0v) is 13.3. The topological polar surface area (TPSA) is 99.7 Å². The Hall–Kier alpha value is -2.04. The first-order valence-electron chi connectivity index (χ1n) is 5.81. The van der Waals surface area contributed by atoms with Gasteiger partial charge in [0, 0.05) is 11.1 Å². The molecular weight excluding hydrogens is 307 g/mol. The van der Waals surface area contributed by atoms with Gasteiger partial charge in [0.25, 0.3) is 0 Å². The Morgan fingerprint density at radius 3 is 1.43 bits per heavy atom. The van der Waals surface area contributed by atoms with Crippen LogP contribution in [0, 0.1) is 17.7 Å². The van der Waals surface area contributed by atoms with Crippen LogP contribution in [0.1, 0.15) is 16.7 Å². The third kappa shape index (κ3) is 7.97. The Balaban J connectivity index is 0. The van der Waals surface area contributed by atoms with Gasteiger partial charge >= 0.3 is 0 Å². The summed E-state index contributed by atoms with van der Waals surface area (Å²) in [6.45, 7) is 2.00. The number of hydrogen-bond acceptors (Lipinski definition) is 2. The van der Waals surface area contributed by atoms with Crippen LogP contribution < -0.4 is 11.5 Å². The van der Waals surface area contributed by atoms with Gasteiger partial charge in [0.15, 0.2) is 0 Å². The maximum atomic E-state index is 7.08. The molecule has 2 aromatic carbocycles. The fraction of sp³-hybridized carbons (Fsp3) is 0.0667. The van der Waals surface area contributed by atoms with Gasteiger partial charge in [0.2, 0.25) is 0 Å². The quantitative estimate of drug-likeness (QED) is 0.503. The first-order valence-corrected chi connectivity index (χ1v) is 5.81. The zero-order valence-electron chi connectivity index (χ0n) is 11.7. The predicted molar refractivity (Wildman–Crippen MR) is 94.1 cm³/mol. The van der Waals surface area contributed by atoms with E-state index in [0.29, 0.717) is 0 Å². The van der Waals surface area contributed by atoms with E-state index in [2.05, 4.69) is 0 Å². The van der Waals surface area contributed by atoms with E-state index >= 15 is 0 Å². The lowest BCUT2D eigenvalue weighted by molar-refractivity contribution is 1.40. The molecular formula is C15H20Cl2N4. The molecule has 0 spiro atoms. The number of hydrogen-bond donors (Lipinski definition) is 4. The van der Waals surface area contributed by atoms with Crippen LogP contribution in [0.5, 0.6) is 0 Å². The number of aryl methyl sites for hydroxylation is 1. The number of nitrogens with one attached hydrogen (secondary N) is 2. The molecule has 6 N–H and O–H groups in total. The van der Waals surface area contributed by atoms with E-state index in [-0.39, 0.29) is 36.5 Å². The third-order valence-corrected chi connectivity index (χ3v) is 2.45. The van der Waals surface area contributed by atoms with Gasteiger partial charge in [0.1, 0.15) is 11.7 Å². The minimum absolute atomic E-state index is 0. The Morgan fingerprint density at radius 1 is 0.714 bits per heavy atom. The third-order valence-electron chi connectivity index (χ3n) is 2.45. The van der Waals surface area contributed by atoms with Crippen LogP contribution in [-0.4, -0.2) is 11.7 Å². The predicted octanol–water partition coefficient (Wildman–Crippen LogP) is 3.09. The van der Waals surface area contributed by atoms with Gasteiger partial charge in [-0.3, -0.25) is 10.8 Å². The second-order valence-corrected chi connectivity index (χ2v) is 4.06. The Morgan fingerprint density at radius 2 is 1.10 bits per heavy atom. The normalized spacial score (nSPS) is 8.24. The summed E-state index contributed by atoms with van der Waals surface area (Å²) in [6.07, 6.45) is 0. The van der Waals surface area contributed by atoms with Crippen molar-refractivity contribution in [2.45, 2.75) is 6.92 Å². The molecule has 0 bridgehead atoms. The molecule has 0 unspecified atom stereocenters. The summed E-state index contributed by atoms with van der Waals surface area (Å²) >= 11 is 0. The van der Waals surface area contributed by atoms with E-state index in [0.717, 1.165) is 11.1 Å². The number of rotatable bonds is 2. The standard InChI is InChI=1S/C8H10N2.C7H8N2.2ClH/c1-6-2-4-7(5-3-6)8(9)10;8-7(9)6-4-2-1-3-5-6;;/h2-5H,1H3,(H3,9,10);1-5H,(H3,8,9);2*1H. The van der Waals surface area contributed by atoms with Crippen LogP contribution in [-0.2, 0) is 0 Å². The SMILES string of the molecule is Cc1ccc(C(=N)N)cc1.Cl.Cl.N=C(N)c1ccccc1. The molecule has 0 heterocycles. The van der Waals surface area contributed by atoms with Gasteiger partial charge < -0.3 is 11.5 Å². The van der Waals surface area contributed by atoms with Gasteiger partial charge in [-0.1, -0.05) is 60.2 Å². The average Bonchev–Trinajstić information content (AvgIpc) is 2.41. The number of benzene rings is 2. The number of nitrogen functional groups attached to an aromatic ring is 2. The molecule has 2 aromatic rings. The lowest BCUT2D eigenvalue weighted by Gasteiger charge is -1.96. The van der Waals surface area contributed by atoms with Crippen LogP contribution in [0.25, 0.3) is 0 Å². The van der Waals surface area contributed by atoms with Crippen LogP contribution in [0.2, 0.25) is 0 Å². The average molecular weight is 327 g/mol. The van der Waals surface area contributed by atoms with Crippen LogP contribution in [0.4, 0.5) is 0 Å². The highest BCUT2D eigenvalue weighted by Crippen LogP contribution is 2.00. The van der Waals surface area contributed by atoms with Crippen molar-refractivity contribution in [2.75, 3.05) is 0 Å². The van der Waals surface area contributed by atoms with Crippen molar-refractivity contribution >= 4 is 36.5 Å². The number of amidine groups is 2. The molecule has 2 rings (SSSR count). The van der Waals surface area contributed by atoms with Crippen molar-refractivity contribution in [1.82, 2.24) is 0 Å². The summed E-state index contributed by atoms with van der Waals surface area (Å²) < 4.78 is 0. The first-order chi connectivity index (χ1) is 9.00. The van der Waals surface area contributed by atoms with E-state index in [1.165, 1.54) is 5.56 Å². The molecule has 4 nitrogen and oxygen atoms in total. The lowest BCUT2D eigenvalue weighted by Crippen LogP contribution is -2.10. The van der Waals surface area contributed by atoms with Crippen molar-refractivity contribution < 1.29 is 0 Å². The summed E-state index contributed by atoms with van der Waals surface area (Å²) in [5.41, 5.74) is 13.2. The Kier molecular flexibility index (Phi) is 10.8. The molecule has 114 valence electrons. The van der Waals surface area contributed by atoms with Gasteiger partial charge in [-0.2, -0.15) is 0 Å². The molecule has 0 saturated heterocycles. The van der Waals surface area contributed by atoms with Crippen molar-refractivity contribution in [2.24, 2.45) is 11.5 Å². The van der Waals surface area contributed by atoms with E-state index in [9.17, 15) is 0 Å². The summed E-state index contributed by atoms with van der Waals surface area (Å²) in [5, 5.41) is 14.1. The molecule has 0 fully saturated rings. The van der Waals surface area contributed by atoms with Crippen LogP contribution in [0.3, 0.4) is 0 Å².